The van der Waals surface area contributed by atoms with Gasteiger partial charge in [-0.2, -0.15) is 8.78 Å². The van der Waals surface area contributed by atoms with Crippen molar-refractivity contribution in [1.82, 2.24) is 14.8 Å². The predicted molar refractivity (Wildman–Crippen MR) is 102 cm³/mol. The number of hydrogen-bond acceptors (Lipinski definition) is 6. The van der Waals surface area contributed by atoms with Crippen LogP contribution in [0.25, 0.3) is 11.4 Å². The maximum absolute atomic E-state index is 12.6. The van der Waals surface area contributed by atoms with Crippen LogP contribution in [0.15, 0.2) is 58.6 Å². The summed E-state index contributed by atoms with van der Waals surface area (Å²) in [7, 11) is -1.13. The summed E-state index contributed by atoms with van der Waals surface area (Å²) in [6.45, 7) is 0. The summed E-state index contributed by atoms with van der Waals surface area (Å²) in [4.78, 5) is -0.392. The second-order valence-electron chi connectivity index (χ2n) is 5.83. The molecule has 3 aromatic rings. The lowest BCUT2D eigenvalue weighted by molar-refractivity contribution is 0.234. The van der Waals surface area contributed by atoms with Crippen LogP contribution in [0, 0.1) is 0 Å². The third kappa shape index (κ3) is 4.17. The van der Waals surface area contributed by atoms with E-state index in [2.05, 4.69) is 10.2 Å². The van der Waals surface area contributed by atoms with E-state index in [0.29, 0.717) is 16.7 Å². The van der Waals surface area contributed by atoms with E-state index in [1.807, 2.05) is 35.9 Å². The lowest BCUT2D eigenvalue weighted by Gasteiger charge is -2.06. The van der Waals surface area contributed by atoms with Gasteiger partial charge in [0.25, 0.3) is 0 Å². The maximum Gasteiger partial charge on any atom is 0.341 e. The van der Waals surface area contributed by atoms with Gasteiger partial charge in [0.1, 0.15) is 5.75 Å². The lowest BCUT2D eigenvalue weighted by atomic mass is 10.2. The summed E-state index contributed by atoms with van der Waals surface area (Å²) in [5.41, 5.74) is 1.68. The van der Waals surface area contributed by atoms with E-state index < -0.39 is 20.5 Å². The first-order chi connectivity index (χ1) is 13.3. The summed E-state index contributed by atoms with van der Waals surface area (Å²) >= 11 is 1.41. The highest BCUT2D eigenvalue weighted by Gasteiger charge is 2.26. The molecule has 0 saturated carbocycles. The first-order valence-corrected chi connectivity index (χ1v) is 10.6. The smallest absolute Gasteiger partial charge is 0.341 e. The number of ether oxygens (including phenoxy) is 1. The number of benzene rings is 2. The van der Waals surface area contributed by atoms with Crippen molar-refractivity contribution in [2.24, 2.45) is 7.05 Å². The first kappa shape index (κ1) is 20.3. The third-order valence-electron chi connectivity index (χ3n) is 4.04. The minimum Gasteiger partial charge on any atom is -0.497 e. The van der Waals surface area contributed by atoms with Crippen molar-refractivity contribution >= 4 is 21.6 Å². The predicted octanol–water partition coefficient (Wildman–Crippen LogP) is 3.78. The lowest BCUT2D eigenvalue weighted by Crippen LogP contribution is -2.11. The van der Waals surface area contributed by atoms with Crippen molar-refractivity contribution in [3.8, 4) is 17.1 Å². The van der Waals surface area contributed by atoms with Gasteiger partial charge in [0.15, 0.2) is 11.0 Å². The minimum atomic E-state index is -4.58. The molecule has 1 heterocycles. The Bertz CT molecular complexity index is 1050. The summed E-state index contributed by atoms with van der Waals surface area (Å²) in [6.07, 6.45) is 0. The first-order valence-electron chi connectivity index (χ1n) is 8.10. The standard InChI is InChI=1S/C18H17F2N3O3S2/c1-23-16(13-5-7-14(26-2)8-6-13)21-22-18(23)27-11-12-3-9-15(10-4-12)28(24,25)17(19)20/h3-10,17H,11H2,1-2H3. The second kappa shape index (κ2) is 8.27. The zero-order chi connectivity index (χ0) is 20.3. The van der Waals surface area contributed by atoms with Crippen LogP contribution >= 0.6 is 11.8 Å². The number of alkyl halides is 2. The van der Waals surface area contributed by atoms with Crippen LogP contribution in [0.5, 0.6) is 5.75 Å². The number of aromatic nitrogens is 3. The molecule has 10 heteroatoms. The van der Waals surface area contributed by atoms with Crippen molar-refractivity contribution in [3.05, 3.63) is 54.1 Å². The van der Waals surface area contributed by atoms with Gasteiger partial charge in [-0.25, -0.2) is 8.42 Å². The quantitative estimate of drug-likeness (QED) is 0.537. The molecule has 0 spiro atoms. The van der Waals surface area contributed by atoms with Crippen molar-refractivity contribution in [2.75, 3.05) is 7.11 Å². The zero-order valence-corrected chi connectivity index (χ0v) is 16.7. The third-order valence-corrected chi connectivity index (χ3v) is 6.53. The molecule has 0 amide bonds. The number of nitrogens with zero attached hydrogens (tertiary/aromatic N) is 3. The van der Waals surface area contributed by atoms with Crippen molar-refractivity contribution in [1.29, 1.82) is 0 Å². The van der Waals surface area contributed by atoms with Crippen LogP contribution in [0.4, 0.5) is 8.78 Å². The topological polar surface area (TPSA) is 74.1 Å². The molecule has 0 aliphatic heterocycles. The number of thioether (sulfide) groups is 1. The van der Waals surface area contributed by atoms with Crippen LogP contribution in [0.1, 0.15) is 5.56 Å². The average molecular weight is 425 g/mol. The highest BCUT2D eigenvalue weighted by atomic mass is 32.2. The Kier molecular flexibility index (Phi) is 5.99. The molecule has 148 valence electrons. The van der Waals surface area contributed by atoms with Crippen molar-refractivity contribution < 1.29 is 21.9 Å². The normalized spacial score (nSPS) is 11.8. The average Bonchev–Trinajstić information content (AvgIpc) is 3.07. The molecule has 1 aromatic heterocycles. The molecule has 0 N–H and O–H groups in total. The van der Waals surface area contributed by atoms with E-state index in [1.54, 1.807) is 7.11 Å². The van der Waals surface area contributed by atoms with E-state index in [9.17, 15) is 17.2 Å². The molecule has 28 heavy (non-hydrogen) atoms. The van der Waals surface area contributed by atoms with Gasteiger partial charge in [0, 0.05) is 18.4 Å². The van der Waals surface area contributed by atoms with Gasteiger partial charge < -0.3 is 9.30 Å². The van der Waals surface area contributed by atoms with Gasteiger partial charge in [0.05, 0.1) is 12.0 Å². The van der Waals surface area contributed by atoms with Gasteiger partial charge in [-0.1, -0.05) is 23.9 Å². The number of hydrogen-bond donors (Lipinski definition) is 0. The number of sulfone groups is 1. The largest absolute Gasteiger partial charge is 0.497 e. The highest BCUT2D eigenvalue weighted by Crippen LogP contribution is 2.27. The summed E-state index contributed by atoms with van der Waals surface area (Å²) in [5.74, 6) is -1.49. The molecule has 2 aromatic carbocycles. The monoisotopic (exact) mass is 425 g/mol. The fourth-order valence-corrected chi connectivity index (χ4v) is 4.05. The highest BCUT2D eigenvalue weighted by molar-refractivity contribution is 7.98. The van der Waals surface area contributed by atoms with Gasteiger partial charge in [-0.15, -0.1) is 10.2 Å². The molecular formula is C18H17F2N3O3S2. The molecule has 0 bridgehead atoms. The fourth-order valence-electron chi connectivity index (χ4n) is 2.46. The Labute approximate surface area is 165 Å². The van der Waals surface area contributed by atoms with E-state index in [1.165, 1.54) is 36.0 Å². The molecule has 3 rings (SSSR count). The Morgan fingerprint density at radius 2 is 1.71 bits per heavy atom. The van der Waals surface area contributed by atoms with E-state index in [0.717, 1.165) is 16.9 Å². The number of rotatable bonds is 7. The molecular weight excluding hydrogens is 408 g/mol. The van der Waals surface area contributed by atoms with E-state index >= 15 is 0 Å². The number of methoxy groups -OCH3 is 1. The van der Waals surface area contributed by atoms with Gasteiger partial charge in [-0.05, 0) is 42.0 Å². The van der Waals surface area contributed by atoms with Crippen LogP contribution in [0.2, 0.25) is 0 Å². The van der Waals surface area contributed by atoms with Crippen LogP contribution in [-0.4, -0.2) is 36.0 Å². The molecule has 0 atom stereocenters. The summed E-state index contributed by atoms with van der Waals surface area (Å²) < 4.78 is 55.1. The van der Waals surface area contributed by atoms with Crippen LogP contribution in [0.3, 0.4) is 0 Å². The van der Waals surface area contributed by atoms with Crippen LogP contribution < -0.4 is 4.74 Å². The zero-order valence-electron chi connectivity index (χ0n) is 15.0. The van der Waals surface area contributed by atoms with Gasteiger partial charge in [-0.3, -0.25) is 0 Å². The molecule has 0 fully saturated rings. The van der Waals surface area contributed by atoms with Crippen LogP contribution in [-0.2, 0) is 22.6 Å². The maximum atomic E-state index is 12.6. The molecule has 0 unspecified atom stereocenters. The SMILES string of the molecule is COc1ccc(-c2nnc(SCc3ccc(S(=O)(=O)C(F)F)cc3)n2C)cc1. The van der Waals surface area contributed by atoms with Crippen molar-refractivity contribution in [2.45, 2.75) is 21.6 Å². The second-order valence-corrected chi connectivity index (χ2v) is 8.69. The molecule has 0 radical (unpaired) electrons. The molecule has 0 aliphatic rings. The number of halogens is 2. The summed E-state index contributed by atoms with van der Waals surface area (Å²) in [5, 5.41) is 9.06. The van der Waals surface area contributed by atoms with Gasteiger partial charge >= 0.3 is 5.76 Å². The Hall–Kier alpha value is -2.46. The van der Waals surface area contributed by atoms with Gasteiger partial charge in [0.2, 0.25) is 9.84 Å². The van der Waals surface area contributed by atoms with E-state index in [-0.39, 0.29) is 0 Å². The summed E-state index contributed by atoms with van der Waals surface area (Å²) in [6, 6.07) is 12.9. The Morgan fingerprint density at radius 3 is 2.29 bits per heavy atom. The Balaban J connectivity index is 1.71. The Morgan fingerprint density at radius 1 is 1.07 bits per heavy atom. The molecule has 0 saturated heterocycles. The van der Waals surface area contributed by atoms with E-state index in [4.69, 9.17) is 4.74 Å². The molecule has 6 nitrogen and oxygen atoms in total. The molecule has 0 aliphatic carbocycles. The van der Waals surface area contributed by atoms with Crippen molar-refractivity contribution in [3.63, 3.8) is 0 Å². The fraction of sp³-hybridized carbons (Fsp3) is 0.222. The minimum absolute atomic E-state index is 0.392.